The molecule has 0 fully saturated rings. The van der Waals surface area contributed by atoms with Crippen molar-refractivity contribution in [2.75, 3.05) is 5.32 Å². The van der Waals surface area contributed by atoms with Gasteiger partial charge in [0, 0.05) is 24.1 Å². The minimum absolute atomic E-state index is 0.142. The summed E-state index contributed by atoms with van der Waals surface area (Å²) in [6, 6.07) is 4.40. The standard InChI is InChI=1S/C14H16F3N3/c1-9(2)19-13-18-6-7-20(13)11-5-4-10(3)12(8-11)14(15,16)17/h4-9H,1-3H3,(H,18,19). The molecule has 1 heterocycles. The number of benzene rings is 1. The Labute approximate surface area is 115 Å². The summed E-state index contributed by atoms with van der Waals surface area (Å²) in [6.07, 6.45) is -1.17. The molecule has 1 aromatic carbocycles. The first-order valence-corrected chi connectivity index (χ1v) is 6.27. The van der Waals surface area contributed by atoms with E-state index >= 15 is 0 Å². The van der Waals surface area contributed by atoms with Gasteiger partial charge in [-0.1, -0.05) is 6.07 Å². The lowest BCUT2D eigenvalue weighted by Crippen LogP contribution is -2.14. The molecule has 3 nitrogen and oxygen atoms in total. The van der Waals surface area contributed by atoms with Crippen molar-refractivity contribution in [3.63, 3.8) is 0 Å². The quantitative estimate of drug-likeness (QED) is 0.922. The summed E-state index contributed by atoms with van der Waals surface area (Å²) < 4.78 is 40.4. The van der Waals surface area contributed by atoms with Gasteiger partial charge in [0.05, 0.1) is 5.56 Å². The summed E-state index contributed by atoms with van der Waals surface area (Å²) >= 11 is 0. The second-order valence-electron chi connectivity index (χ2n) is 4.92. The Bertz CT molecular complexity index is 600. The van der Waals surface area contributed by atoms with E-state index < -0.39 is 11.7 Å². The first-order valence-electron chi connectivity index (χ1n) is 6.27. The van der Waals surface area contributed by atoms with Crippen LogP contribution in [0.5, 0.6) is 0 Å². The monoisotopic (exact) mass is 283 g/mol. The van der Waals surface area contributed by atoms with Crippen LogP contribution in [0.1, 0.15) is 25.0 Å². The van der Waals surface area contributed by atoms with Crippen LogP contribution in [0.2, 0.25) is 0 Å². The zero-order valence-corrected chi connectivity index (χ0v) is 11.5. The third kappa shape index (κ3) is 2.95. The summed E-state index contributed by atoms with van der Waals surface area (Å²) in [5, 5.41) is 3.10. The smallest absolute Gasteiger partial charge is 0.353 e. The fraction of sp³-hybridized carbons (Fsp3) is 0.357. The van der Waals surface area contributed by atoms with Gasteiger partial charge in [-0.05, 0) is 38.5 Å². The van der Waals surface area contributed by atoms with Gasteiger partial charge >= 0.3 is 6.18 Å². The number of aryl methyl sites for hydroxylation is 1. The molecule has 1 aromatic heterocycles. The number of halogens is 3. The summed E-state index contributed by atoms with van der Waals surface area (Å²) in [6.45, 7) is 5.33. The number of hydrogen-bond donors (Lipinski definition) is 1. The van der Waals surface area contributed by atoms with Gasteiger partial charge < -0.3 is 5.32 Å². The number of alkyl halides is 3. The van der Waals surface area contributed by atoms with Crippen molar-refractivity contribution in [3.05, 3.63) is 41.7 Å². The minimum Gasteiger partial charge on any atom is -0.353 e. The van der Waals surface area contributed by atoms with Crippen LogP contribution >= 0.6 is 0 Å². The number of anilines is 1. The van der Waals surface area contributed by atoms with Crippen molar-refractivity contribution >= 4 is 5.95 Å². The second kappa shape index (κ2) is 5.19. The molecule has 0 saturated heterocycles. The highest BCUT2D eigenvalue weighted by atomic mass is 19.4. The molecule has 0 unspecified atom stereocenters. The van der Waals surface area contributed by atoms with Crippen molar-refractivity contribution in [2.24, 2.45) is 0 Å². The van der Waals surface area contributed by atoms with Gasteiger partial charge in [-0.3, -0.25) is 4.57 Å². The zero-order valence-electron chi connectivity index (χ0n) is 11.5. The number of rotatable bonds is 3. The molecule has 0 spiro atoms. The fourth-order valence-electron chi connectivity index (χ4n) is 1.94. The van der Waals surface area contributed by atoms with Crippen LogP contribution in [-0.2, 0) is 6.18 Å². The zero-order chi connectivity index (χ0) is 14.9. The van der Waals surface area contributed by atoms with Gasteiger partial charge in [0.15, 0.2) is 0 Å². The van der Waals surface area contributed by atoms with E-state index in [2.05, 4.69) is 10.3 Å². The largest absolute Gasteiger partial charge is 0.416 e. The van der Waals surface area contributed by atoms with Crippen molar-refractivity contribution in [2.45, 2.75) is 33.0 Å². The van der Waals surface area contributed by atoms with E-state index in [0.29, 0.717) is 11.6 Å². The maximum atomic E-state index is 12.9. The van der Waals surface area contributed by atoms with E-state index in [9.17, 15) is 13.2 Å². The number of nitrogens with zero attached hydrogens (tertiary/aromatic N) is 2. The summed E-state index contributed by atoms with van der Waals surface area (Å²) in [7, 11) is 0. The summed E-state index contributed by atoms with van der Waals surface area (Å²) in [4.78, 5) is 4.12. The van der Waals surface area contributed by atoms with Gasteiger partial charge in [0.2, 0.25) is 5.95 Å². The van der Waals surface area contributed by atoms with Gasteiger partial charge in [-0.15, -0.1) is 0 Å². The Morgan fingerprint density at radius 1 is 1.25 bits per heavy atom. The molecule has 2 aromatic rings. The Kier molecular flexibility index (Phi) is 3.74. The van der Waals surface area contributed by atoms with Crippen LogP contribution in [0.15, 0.2) is 30.6 Å². The summed E-state index contributed by atoms with van der Waals surface area (Å²) in [5.74, 6) is 0.525. The molecular formula is C14H16F3N3. The average molecular weight is 283 g/mol. The highest BCUT2D eigenvalue weighted by Crippen LogP contribution is 2.33. The Balaban J connectivity index is 2.47. The Hall–Kier alpha value is -1.98. The molecule has 2 rings (SSSR count). The Morgan fingerprint density at radius 2 is 1.95 bits per heavy atom. The van der Waals surface area contributed by atoms with Gasteiger partial charge in [0.1, 0.15) is 0 Å². The van der Waals surface area contributed by atoms with Crippen molar-refractivity contribution < 1.29 is 13.2 Å². The van der Waals surface area contributed by atoms with Crippen LogP contribution in [0, 0.1) is 6.92 Å². The lowest BCUT2D eigenvalue weighted by molar-refractivity contribution is -0.138. The number of imidazole rings is 1. The molecule has 0 aliphatic rings. The molecule has 0 amide bonds. The van der Waals surface area contributed by atoms with Crippen molar-refractivity contribution in [1.82, 2.24) is 9.55 Å². The maximum Gasteiger partial charge on any atom is 0.416 e. The van der Waals surface area contributed by atoms with Crippen molar-refractivity contribution in [1.29, 1.82) is 0 Å². The molecule has 108 valence electrons. The molecule has 6 heteroatoms. The first-order chi connectivity index (χ1) is 9.29. The molecular weight excluding hydrogens is 267 g/mol. The summed E-state index contributed by atoms with van der Waals surface area (Å²) in [5.41, 5.74) is 0.0162. The van der Waals surface area contributed by atoms with E-state index in [-0.39, 0.29) is 11.6 Å². The third-order valence-electron chi connectivity index (χ3n) is 2.86. The topological polar surface area (TPSA) is 29.9 Å². The van der Waals surface area contributed by atoms with E-state index in [1.807, 2.05) is 13.8 Å². The highest BCUT2D eigenvalue weighted by Gasteiger charge is 2.32. The van der Waals surface area contributed by atoms with E-state index in [1.54, 1.807) is 23.0 Å². The van der Waals surface area contributed by atoms with Crippen LogP contribution < -0.4 is 5.32 Å². The number of nitrogens with one attached hydrogen (secondary N) is 1. The average Bonchev–Trinajstić information content (AvgIpc) is 2.75. The lowest BCUT2D eigenvalue weighted by Gasteiger charge is -2.15. The maximum absolute atomic E-state index is 12.9. The van der Waals surface area contributed by atoms with Gasteiger partial charge in [-0.2, -0.15) is 13.2 Å². The predicted octanol–water partition coefficient (Wildman–Crippen LogP) is 4.02. The molecule has 20 heavy (non-hydrogen) atoms. The molecule has 0 bridgehead atoms. The number of hydrogen-bond acceptors (Lipinski definition) is 2. The normalized spacial score (nSPS) is 11.9. The van der Waals surface area contributed by atoms with Gasteiger partial charge in [-0.25, -0.2) is 4.98 Å². The van der Waals surface area contributed by atoms with Crippen LogP contribution in [0.4, 0.5) is 19.1 Å². The van der Waals surface area contributed by atoms with Crippen molar-refractivity contribution in [3.8, 4) is 5.69 Å². The predicted molar refractivity (Wildman–Crippen MR) is 72.1 cm³/mol. The Morgan fingerprint density at radius 3 is 2.55 bits per heavy atom. The molecule has 1 N–H and O–H groups in total. The third-order valence-corrected chi connectivity index (χ3v) is 2.86. The fourth-order valence-corrected chi connectivity index (χ4v) is 1.94. The first kappa shape index (κ1) is 14.4. The van der Waals surface area contributed by atoms with Crippen LogP contribution in [0.25, 0.3) is 5.69 Å². The second-order valence-corrected chi connectivity index (χ2v) is 4.92. The molecule has 0 aliphatic carbocycles. The van der Waals surface area contributed by atoms with E-state index in [0.717, 1.165) is 6.07 Å². The van der Waals surface area contributed by atoms with Crippen LogP contribution in [-0.4, -0.2) is 15.6 Å². The molecule has 0 atom stereocenters. The van der Waals surface area contributed by atoms with Crippen LogP contribution in [0.3, 0.4) is 0 Å². The van der Waals surface area contributed by atoms with E-state index in [1.165, 1.54) is 13.0 Å². The molecule has 0 radical (unpaired) electrons. The lowest BCUT2D eigenvalue weighted by atomic mass is 10.1. The SMILES string of the molecule is Cc1ccc(-n2ccnc2NC(C)C)cc1C(F)(F)F. The highest BCUT2D eigenvalue weighted by molar-refractivity contribution is 5.46. The minimum atomic E-state index is -4.35. The van der Waals surface area contributed by atoms with Gasteiger partial charge in [0.25, 0.3) is 0 Å². The number of aromatic nitrogens is 2. The molecule has 0 saturated carbocycles. The van der Waals surface area contributed by atoms with E-state index in [4.69, 9.17) is 0 Å². The molecule has 0 aliphatic heterocycles.